The van der Waals surface area contributed by atoms with Crippen LogP contribution in [-0.4, -0.2) is 28.8 Å². The number of hydrogen-bond acceptors (Lipinski definition) is 3. The maximum Gasteiger partial charge on any atom is 0.326 e. The van der Waals surface area contributed by atoms with E-state index in [0.717, 1.165) is 12.1 Å². The molecule has 0 aliphatic heterocycles. The van der Waals surface area contributed by atoms with E-state index in [4.69, 9.17) is 5.11 Å². The summed E-state index contributed by atoms with van der Waals surface area (Å²) in [5, 5.41) is 11.2. The molecule has 21 heavy (non-hydrogen) atoms. The van der Waals surface area contributed by atoms with Gasteiger partial charge in [-0.15, -0.1) is 0 Å². The molecule has 0 bridgehead atoms. The maximum atomic E-state index is 13.0. The second-order valence-electron chi connectivity index (χ2n) is 4.42. The predicted octanol–water partition coefficient (Wildman–Crippen LogP) is 1.91. The largest absolute Gasteiger partial charge is 0.480 e. The minimum atomic E-state index is -1.30. The van der Waals surface area contributed by atoms with Gasteiger partial charge in [0.1, 0.15) is 11.8 Å². The van der Waals surface area contributed by atoms with E-state index in [9.17, 15) is 23.2 Å². The Morgan fingerprint density at radius 3 is 2.43 bits per heavy atom. The molecular weight excluding hydrogens is 284 g/mol. The first kappa shape index (κ1) is 16.7. The van der Waals surface area contributed by atoms with E-state index in [0.29, 0.717) is 6.07 Å². The van der Waals surface area contributed by atoms with Crippen LogP contribution in [0.25, 0.3) is 0 Å². The van der Waals surface area contributed by atoms with Gasteiger partial charge in [0.15, 0.2) is 11.6 Å². The summed E-state index contributed by atoms with van der Waals surface area (Å²) in [7, 11) is 0. The zero-order valence-electron chi connectivity index (χ0n) is 11.4. The number of benzene rings is 1. The van der Waals surface area contributed by atoms with Crippen LogP contribution < -0.4 is 5.32 Å². The molecule has 7 heteroatoms. The topological polar surface area (TPSA) is 83.5 Å². The summed E-state index contributed by atoms with van der Waals surface area (Å²) < 4.78 is 25.8. The SMILES string of the molecule is CCC(=O)CC[C@@H](NC(=O)c1ccc(F)c(F)c1)C(=O)O. The molecule has 0 aliphatic carbocycles. The van der Waals surface area contributed by atoms with Crippen LogP contribution in [0.3, 0.4) is 0 Å². The molecule has 0 saturated carbocycles. The molecule has 114 valence electrons. The van der Waals surface area contributed by atoms with Crippen molar-refractivity contribution in [2.45, 2.75) is 32.2 Å². The molecule has 0 saturated heterocycles. The summed E-state index contributed by atoms with van der Waals surface area (Å²) in [6, 6.07) is 1.24. The number of carbonyl (C=O) groups is 3. The van der Waals surface area contributed by atoms with E-state index in [1.54, 1.807) is 6.92 Å². The van der Waals surface area contributed by atoms with Gasteiger partial charge in [0, 0.05) is 18.4 Å². The monoisotopic (exact) mass is 299 g/mol. The lowest BCUT2D eigenvalue weighted by atomic mass is 10.1. The normalized spacial score (nSPS) is 11.8. The van der Waals surface area contributed by atoms with Crippen LogP contribution in [0.1, 0.15) is 36.5 Å². The molecule has 1 aromatic rings. The molecule has 0 heterocycles. The van der Waals surface area contributed by atoms with Crippen molar-refractivity contribution < 1.29 is 28.3 Å². The van der Waals surface area contributed by atoms with Crippen molar-refractivity contribution in [3.05, 3.63) is 35.4 Å². The zero-order valence-corrected chi connectivity index (χ0v) is 11.4. The summed E-state index contributed by atoms with van der Waals surface area (Å²) in [6.45, 7) is 1.65. The lowest BCUT2D eigenvalue weighted by Gasteiger charge is -2.14. The summed E-state index contributed by atoms with van der Waals surface area (Å²) in [5.74, 6) is -4.56. The molecule has 2 N–H and O–H groups in total. The van der Waals surface area contributed by atoms with Gasteiger partial charge < -0.3 is 10.4 Å². The van der Waals surface area contributed by atoms with E-state index < -0.39 is 29.6 Å². The van der Waals surface area contributed by atoms with Crippen molar-refractivity contribution in [2.75, 3.05) is 0 Å². The van der Waals surface area contributed by atoms with Gasteiger partial charge in [0.2, 0.25) is 0 Å². The molecule has 0 unspecified atom stereocenters. The zero-order chi connectivity index (χ0) is 16.0. The number of ketones is 1. The standard InChI is InChI=1S/C14H15F2NO4/c1-2-9(18)4-6-12(14(20)21)17-13(19)8-3-5-10(15)11(16)7-8/h3,5,7,12H,2,4,6H2,1H3,(H,17,19)(H,20,21)/t12-/m1/s1. The van der Waals surface area contributed by atoms with Crippen molar-refractivity contribution in [3.8, 4) is 0 Å². The fourth-order valence-electron chi connectivity index (χ4n) is 1.62. The van der Waals surface area contributed by atoms with Crippen LogP contribution in [0.4, 0.5) is 8.78 Å². The van der Waals surface area contributed by atoms with Crippen molar-refractivity contribution in [1.29, 1.82) is 0 Å². The Morgan fingerprint density at radius 1 is 1.24 bits per heavy atom. The third kappa shape index (κ3) is 4.94. The highest BCUT2D eigenvalue weighted by Gasteiger charge is 2.21. The van der Waals surface area contributed by atoms with Gasteiger partial charge in [-0.3, -0.25) is 9.59 Å². The first-order chi connectivity index (χ1) is 9.85. The van der Waals surface area contributed by atoms with Crippen molar-refractivity contribution >= 4 is 17.7 Å². The molecule has 1 amide bonds. The minimum absolute atomic E-state index is 0.0194. The number of carboxylic acids is 1. The van der Waals surface area contributed by atoms with Gasteiger partial charge in [-0.1, -0.05) is 6.92 Å². The summed E-state index contributed by atoms with van der Waals surface area (Å²) in [6.07, 6.45) is 0.242. The molecular formula is C14H15F2NO4. The van der Waals surface area contributed by atoms with Crippen LogP contribution in [0, 0.1) is 11.6 Å². The van der Waals surface area contributed by atoms with Crippen molar-refractivity contribution in [1.82, 2.24) is 5.32 Å². The fourth-order valence-corrected chi connectivity index (χ4v) is 1.62. The molecule has 0 aliphatic rings. The van der Waals surface area contributed by atoms with Gasteiger partial charge in [0.25, 0.3) is 5.91 Å². The van der Waals surface area contributed by atoms with Gasteiger partial charge in [-0.05, 0) is 24.6 Å². The van der Waals surface area contributed by atoms with Crippen molar-refractivity contribution in [2.24, 2.45) is 0 Å². The summed E-state index contributed by atoms with van der Waals surface area (Å²) >= 11 is 0. The van der Waals surface area contributed by atoms with E-state index in [1.165, 1.54) is 0 Å². The van der Waals surface area contributed by atoms with Gasteiger partial charge in [-0.25, -0.2) is 13.6 Å². The number of carboxylic acid groups (broad SMARTS) is 1. The third-order valence-corrected chi connectivity index (χ3v) is 2.89. The van der Waals surface area contributed by atoms with E-state index in [1.807, 2.05) is 0 Å². The fraction of sp³-hybridized carbons (Fsp3) is 0.357. The highest BCUT2D eigenvalue weighted by Crippen LogP contribution is 2.09. The Balaban J connectivity index is 2.74. The first-order valence-electron chi connectivity index (χ1n) is 6.35. The average molecular weight is 299 g/mol. The predicted molar refractivity (Wildman–Crippen MR) is 69.8 cm³/mol. The van der Waals surface area contributed by atoms with Crippen LogP contribution in [0.5, 0.6) is 0 Å². The van der Waals surface area contributed by atoms with Crippen LogP contribution in [-0.2, 0) is 9.59 Å². The molecule has 1 atom stereocenters. The lowest BCUT2D eigenvalue weighted by molar-refractivity contribution is -0.139. The Labute approximate surface area is 120 Å². The second-order valence-corrected chi connectivity index (χ2v) is 4.42. The third-order valence-electron chi connectivity index (χ3n) is 2.89. The smallest absolute Gasteiger partial charge is 0.326 e. The Morgan fingerprint density at radius 2 is 1.90 bits per heavy atom. The van der Waals surface area contributed by atoms with Gasteiger partial charge in [-0.2, -0.15) is 0 Å². The number of amides is 1. The molecule has 0 radical (unpaired) electrons. The Kier molecular flexibility index (Phi) is 5.95. The summed E-state index contributed by atoms with van der Waals surface area (Å²) in [4.78, 5) is 34.0. The average Bonchev–Trinajstić information content (AvgIpc) is 2.45. The van der Waals surface area contributed by atoms with E-state index >= 15 is 0 Å². The maximum absolute atomic E-state index is 13.0. The molecule has 0 aromatic heterocycles. The van der Waals surface area contributed by atoms with Gasteiger partial charge >= 0.3 is 5.97 Å². The molecule has 0 fully saturated rings. The molecule has 1 rings (SSSR count). The number of nitrogens with one attached hydrogen (secondary N) is 1. The minimum Gasteiger partial charge on any atom is -0.480 e. The second kappa shape index (κ2) is 7.47. The number of carbonyl (C=O) groups excluding carboxylic acids is 2. The number of hydrogen-bond donors (Lipinski definition) is 2. The quantitative estimate of drug-likeness (QED) is 0.805. The number of aliphatic carboxylic acids is 1. The number of rotatable bonds is 7. The van der Waals surface area contributed by atoms with Crippen molar-refractivity contribution in [3.63, 3.8) is 0 Å². The van der Waals surface area contributed by atoms with Gasteiger partial charge in [0.05, 0.1) is 0 Å². The summed E-state index contributed by atoms with van der Waals surface area (Å²) in [5.41, 5.74) is -0.193. The number of halogens is 2. The lowest BCUT2D eigenvalue weighted by Crippen LogP contribution is -2.41. The molecule has 0 spiro atoms. The number of Topliss-reactive ketones (excluding diaryl/α,β-unsaturated/α-hetero) is 1. The van der Waals surface area contributed by atoms with E-state index in [2.05, 4.69) is 5.32 Å². The molecule has 1 aromatic carbocycles. The molecule has 5 nitrogen and oxygen atoms in total. The van der Waals surface area contributed by atoms with Crippen LogP contribution in [0.2, 0.25) is 0 Å². The van der Waals surface area contributed by atoms with E-state index in [-0.39, 0.29) is 30.6 Å². The first-order valence-corrected chi connectivity index (χ1v) is 6.35. The highest BCUT2D eigenvalue weighted by molar-refractivity contribution is 5.96. The van der Waals surface area contributed by atoms with Crippen LogP contribution in [0.15, 0.2) is 18.2 Å². The Bertz CT molecular complexity index is 560. The Hall–Kier alpha value is -2.31. The van der Waals surface area contributed by atoms with Crippen LogP contribution >= 0.6 is 0 Å². The highest BCUT2D eigenvalue weighted by atomic mass is 19.2.